The molecule has 2 saturated heterocycles. The smallest absolute Gasteiger partial charge is 0.408 e. The van der Waals surface area contributed by atoms with Gasteiger partial charge in [-0.2, -0.15) is 0 Å². The SMILES string of the molecule is C=CC[C@]1(C(=O)OC)C[C@H](O)[C@@H](NC(=O)OC(C)(C)C)[C@H]([C@H]2OC(C)(C)O[C@H]2CN=[N+]=[N-])O1. The normalized spacial score (nSPS) is 33.5. The van der Waals surface area contributed by atoms with Gasteiger partial charge in [-0.25, -0.2) is 9.59 Å². The zero-order valence-electron chi connectivity index (χ0n) is 19.9. The van der Waals surface area contributed by atoms with E-state index >= 15 is 0 Å². The zero-order valence-corrected chi connectivity index (χ0v) is 19.9. The Hall–Kier alpha value is -2.37. The van der Waals surface area contributed by atoms with E-state index in [9.17, 15) is 14.7 Å². The number of nitrogens with one attached hydrogen (secondary N) is 1. The largest absolute Gasteiger partial charge is 0.467 e. The Labute approximate surface area is 193 Å². The monoisotopic (exact) mass is 470 g/mol. The average molecular weight is 471 g/mol. The van der Waals surface area contributed by atoms with Crippen LogP contribution in [0.4, 0.5) is 4.79 Å². The number of esters is 1. The highest BCUT2D eigenvalue weighted by Gasteiger charge is 2.58. The van der Waals surface area contributed by atoms with Gasteiger partial charge in [-0.3, -0.25) is 0 Å². The van der Waals surface area contributed by atoms with Crippen molar-refractivity contribution >= 4 is 12.1 Å². The maximum Gasteiger partial charge on any atom is 0.408 e. The van der Waals surface area contributed by atoms with Gasteiger partial charge < -0.3 is 34.1 Å². The molecule has 0 aromatic carbocycles. The summed E-state index contributed by atoms with van der Waals surface area (Å²) in [5.74, 6) is -1.78. The average Bonchev–Trinajstić information content (AvgIpc) is 3.00. The van der Waals surface area contributed by atoms with Crippen molar-refractivity contribution in [2.75, 3.05) is 13.7 Å². The minimum absolute atomic E-state index is 0.0460. The van der Waals surface area contributed by atoms with Gasteiger partial charge in [0.25, 0.3) is 0 Å². The number of hydrogen-bond acceptors (Lipinski definition) is 9. The lowest BCUT2D eigenvalue weighted by atomic mass is 9.82. The Morgan fingerprint density at radius 1 is 1.30 bits per heavy atom. The fourth-order valence-corrected chi connectivity index (χ4v) is 4.12. The molecule has 186 valence electrons. The molecule has 0 aliphatic carbocycles. The van der Waals surface area contributed by atoms with E-state index in [1.165, 1.54) is 13.2 Å². The van der Waals surface area contributed by atoms with Crippen LogP contribution in [-0.2, 0) is 28.5 Å². The van der Waals surface area contributed by atoms with E-state index in [-0.39, 0.29) is 19.4 Å². The number of nitrogens with zero attached hydrogens (tertiary/aromatic N) is 3. The van der Waals surface area contributed by atoms with Gasteiger partial charge >= 0.3 is 12.1 Å². The van der Waals surface area contributed by atoms with Crippen molar-refractivity contribution in [3.8, 4) is 0 Å². The summed E-state index contributed by atoms with van der Waals surface area (Å²) >= 11 is 0. The molecule has 2 rings (SSSR count). The summed E-state index contributed by atoms with van der Waals surface area (Å²) in [6.45, 7) is 12.0. The van der Waals surface area contributed by atoms with Gasteiger partial charge in [0.15, 0.2) is 11.4 Å². The first-order valence-corrected chi connectivity index (χ1v) is 10.7. The fraction of sp³-hybridized carbons (Fsp3) is 0.810. The predicted molar refractivity (Wildman–Crippen MR) is 116 cm³/mol. The van der Waals surface area contributed by atoms with Crippen LogP contribution in [0.5, 0.6) is 0 Å². The molecular weight excluding hydrogens is 436 g/mol. The molecule has 0 radical (unpaired) electrons. The van der Waals surface area contributed by atoms with Crippen LogP contribution in [0.2, 0.25) is 0 Å². The van der Waals surface area contributed by atoms with Gasteiger partial charge in [0, 0.05) is 17.8 Å². The Bertz CT molecular complexity index is 792. The van der Waals surface area contributed by atoms with Crippen molar-refractivity contribution in [3.63, 3.8) is 0 Å². The van der Waals surface area contributed by atoms with Crippen LogP contribution in [0.15, 0.2) is 17.8 Å². The number of aliphatic hydroxyl groups excluding tert-OH is 1. The number of azide groups is 1. The number of ether oxygens (including phenoxy) is 5. The van der Waals surface area contributed by atoms with E-state index < -0.39 is 59.5 Å². The van der Waals surface area contributed by atoms with Crippen molar-refractivity contribution in [1.29, 1.82) is 0 Å². The summed E-state index contributed by atoms with van der Waals surface area (Å²) in [7, 11) is 1.21. The maximum atomic E-state index is 12.7. The lowest BCUT2D eigenvalue weighted by molar-refractivity contribution is -0.229. The molecule has 2 aliphatic heterocycles. The van der Waals surface area contributed by atoms with E-state index in [0.717, 1.165) is 0 Å². The number of alkyl carbamates (subject to hydrolysis) is 1. The number of hydrogen-bond donors (Lipinski definition) is 2. The molecule has 12 nitrogen and oxygen atoms in total. The molecule has 2 aliphatic rings. The Morgan fingerprint density at radius 3 is 2.52 bits per heavy atom. The van der Waals surface area contributed by atoms with E-state index in [4.69, 9.17) is 29.2 Å². The Kier molecular flexibility index (Phi) is 8.36. The molecule has 2 fully saturated rings. The molecule has 0 aromatic heterocycles. The second kappa shape index (κ2) is 10.3. The molecular formula is C21H34N4O8. The van der Waals surface area contributed by atoms with E-state index in [2.05, 4.69) is 21.9 Å². The van der Waals surface area contributed by atoms with Gasteiger partial charge in [0.05, 0.1) is 31.9 Å². The molecule has 0 aromatic rings. The summed E-state index contributed by atoms with van der Waals surface area (Å²) in [5.41, 5.74) is 6.43. The summed E-state index contributed by atoms with van der Waals surface area (Å²) in [4.78, 5) is 28.0. The van der Waals surface area contributed by atoms with Crippen molar-refractivity contribution in [3.05, 3.63) is 23.1 Å². The number of rotatable bonds is 7. The van der Waals surface area contributed by atoms with Crippen LogP contribution < -0.4 is 5.32 Å². The van der Waals surface area contributed by atoms with Crippen molar-refractivity contribution < 1.29 is 38.4 Å². The molecule has 0 saturated carbocycles. The summed E-state index contributed by atoms with van der Waals surface area (Å²) in [6.07, 6.45) is -3.41. The highest BCUT2D eigenvalue weighted by Crippen LogP contribution is 2.40. The maximum absolute atomic E-state index is 12.7. The van der Waals surface area contributed by atoms with E-state index in [0.29, 0.717) is 0 Å². The minimum Gasteiger partial charge on any atom is -0.467 e. The summed E-state index contributed by atoms with van der Waals surface area (Å²) < 4.78 is 28.4. The van der Waals surface area contributed by atoms with Crippen LogP contribution in [0.3, 0.4) is 0 Å². The number of aliphatic hydroxyl groups is 1. The molecule has 1 amide bonds. The topological polar surface area (TPSA) is 161 Å². The number of carbonyl (C=O) groups is 2. The fourth-order valence-electron chi connectivity index (χ4n) is 4.12. The van der Waals surface area contributed by atoms with Crippen LogP contribution in [-0.4, -0.2) is 78.3 Å². The second-order valence-corrected chi connectivity index (χ2v) is 9.56. The number of methoxy groups -OCH3 is 1. The third kappa shape index (κ3) is 6.58. The number of amides is 1. The van der Waals surface area contributed by atoms with Crippen LogP contribution in [0.25, 0.3) is 10.4 Å². The van der Waals surface area contributed by atoms with Crippen molar-refractivity contribution in [2.45, 2.75) is 94.9 Å². The third-order valence-corrected chi connectivity index (χ3v) is 5.25. The zero-order chi connectivity index (χ0) is 25.0. The first-order chi connectivity index (χ1) is 15.3. The second-order valence-electron chi connectivity index (χ2n) is 9.56. The van der Waals surface area contributed by atoms with Crippen LogP contribution >= 0.6 is 0 Å². The Morgan fingerprint density at radius 2 is 1.97 bits per heavy atom. The predicted octanol–water partition coefficient (Wildman–Crippen LogP) is 2.35. The van der Waals surface area contributed by atoms with Gasteiger partial charge in [-0.15, -0.1) is 6.58 Å². The van der Waals surface area contributed by atoms with E-state index in [1.807, 2.05) is 0 Å². The molecule has 0 unspecified atom stereocenters. The molecule has 6 atom stereocenters. The van der Waals surface area contributed by atoms with Gasteiger partial charge in [0.2, 0.25) is 0 Å². The van der Waals surface area contributed by atoms with Gasteiger partial charge in [-0.05, 0) is 40.1 Å². The van der Waals surface area contributed by atoms with Crippen LogP contribution in [0, 0.1) is 0 Å². The lowest BCUT2D eigenvalue weighted by Crippen LogP contribution is -2.67. The van der Waals surface area contributed by atoms with Gasteiger partial charge in [-0.1, -0.05) is 11.2 Å². The van der Waals surface area contributed by atoms with Gasteiger partial charge in [0.1, 0.15) is 17.8 Å². The highest BCUT2D eigenvalue weighted by molar-refractivity contribution is 5.80. The minimum atomic E-state index is -1.56. The first-order valence-electron chi connectivity index (χ1n) is 10.7. The molecule has 2 N–H and O–H groups in total. The quantitative estimate of drug-likeness (QED) is 0.188. The number of carbonyl (C=O) groups excluding carboxylic acids is 2. The first kappa shape index (κ1) is 26.9. The third-order valence-electron chi connectivity index (χ3n) is 5.25. The standard InChI is InChI=1S/C21H34N4O8/c1-8-9-21(17(27)29-7)10-12(26)14(24-18(28)33-19(2,3)4)16(32-21)15-13(11-23-25-22)30-20(5,6)31-15/h8,12-16,26H,1,9-11H2,2-7H3,(H,24,28)/t12-,13-,14+,15-,16+,21+/m0/s1. The molecule has 2 heterocycles. The lowest BCUT2D eigenvalue weighted by Gasteiger charge is -2.47. The molecule has 0 bridgehead atoms. The van der Waals surface area contributed by atoms with Crippen molar-refractivity contribution in [2.24, 2.45) is 5.11 Å². The molecule has 33 heavy (non-hydrogen) atoms. The highest BCUT2D eigenvalue weighted by atomic mass is 16.8. The summed E-state index contributed by atoms with van der Waals surface area (Å²) in [5, 5.41) is 17.3. The molecule has 0 spiro atoms. The van der Waals surface area contributed by atoms with Crippen LogP contribution in [0.1, 0.15) is 47.5 Å². The Balaban J connectivity index is 2.47. The van der Waals surface area contributed by atoms with Crippen molar-refractivity contribution in [1.82, 2.24) is 5.32 Å². The molecule has 12 heteroatoms. The van der Waals surface area contributed by atoms with E-state index in [1.54, 1.807) is 34.6 Å². The summed E-state index contributed by atoms with van der Waals surface area (Å²) in [6, 6.07) is -1.03.